The van der Waals surface area contributed by atoms with Gasteiger partial charge in [-0.25, -0.2) is 0 Å². The molecule has 0 aliphatic rings. The molecular formula is C11H10F3N. The minimum absolute atomic E-state index is 0.543. The number of hydrogen-bond donors (Lipinski definition) is 1. The molecule has 0 aliphatic carbocycles. The maximum Gasteiger partial charge on any atom is 0.416 e. The zero-order chi connectivity index (χ0) is 11.1. The normalized spacial score (nSPS) is 12.3. The molecule has 0 atom stereocenters. The van der Waals surface area contributed by atoms with Crippen molar-refractivity contribution in [3.05, 3.63) is 35.5 Å². The first kappa shape index (κ1) is 10.1. The van der Waals surface area contributed by atoms with Crippen LogP contribution in [0.15, 0.2) is 24.4 Å². The van der Waals surface area contributed by atoms with E-state index in [1.54, 1.807) is 12.3 Å². The topological polar surface area (TPSA) is 15.8 Å². The fraction of sp³-hybridized carbons (Fsp3) is 0.273. The number of hydrogen-bond acceptors (Lipinski definition) is 0. The van der Waals surface area contributed by atoms with Crippen LogP contribution in [0.3, 0.4) is 0 Å². The first-order chi connectivity index (χ1) is 7.02. The second kappa shape index (κ2) is 3.29. The van der Waals surface area contributed by atoms with Gasteiger partial charge in [-0.05, 0) is 30.2 Å². The number of benzene rings is 1. The van der Waals surface area contributed by atoms with E-state index in [1.165, 1.54) is 6.07 Å². The Balaban J connectivity index is 2.69. The van der Waals surface area contributed by atoms with Crippen LogP contribution < -0.4 is 0 Å². The smallest absolute Gasteiger partial charge is 0.361 e. The molecule has 0 saturated heterocycles. The lowest BCUT2D eigenvalue weighted by Gasteiger charge is -2.09. The van der Waals surface area contributed by atoms with Gasteiger partial charge in [0.15, 0.2) is 0 Å². The van der Waals surface area contributed by atoms with Gasteiger partial charge in [0.1, 0.15) is 0 Å². The number of aryl methyl sites for hydroxylation is 1. The summed E-state index contributed by atoms with van der Waals surface area (Å²) in [5.74, 6) is 0. The van der Waals surface area contributed by atoms with Crippen LogP contribution in [0, 0.1) is 0 Å². The SMILES string of the molecule is CCc1cc(C(F)(F)F)cc2[nH]ccc12. The number of alkyl halides is 3. The molecule has 0 amide bonds. The number of fused-ring (bicyclic) bond motifs is 1. The third kappa shape index (κ3) is 1.71. The van der Waals surface area contributed by atoms with Crippen LogP contribution in [0.4, 0.5) is 13.2 Å². The van der Waals surface area contributed by atoms with Crippen molar-refractivity contribution in [1.29, 1.82) is 0 Å². The third-order valence-corrected chi connectivity index (χ3v) is 2.46. The van der Waals surface area contributed by atoms with Crippen molar-refractivity contribution in [3.8, 4) is 0 Å². The summed E-state index contributed by atoms with van der Waals surface area (Å²) in [5, 5.41) is 0.866. The number of aromatic nitrogens is 1. The maximum absolute atomic E-state index is 12.5. The largest absolute Gasteiger partial charge is 0.416 e. The highest BCUT2D eigenvalue weighted by molar-refractivity contribution is 5.83. The highest BCUT2D eigenvalue weighted by atomic mass is 19.4. The summed E-state index contributed by atoms with van der Waals surface area (Å²) < 4.78 is 37.6. The first-order valence-corrected chi connectivity index (χ1v) is 4.69. The highest BCUT2D eigenvalue weighted by Gasteiger charge is 2.31. The fourth-order valence-electron chi connectivity index (χ4n) is 1.70. The maximum atomic E-state index is 12.5. The number of rotatable bonds is 1. The molecule has 0 saturated carbocycles. The predicted molar refractivity (Wildman–Crippen MR) is 52.7 cm³/mol. The summed E-state index contributed by atoms with van der Waals surface area (Å²) >= 11 is 0. The molecule has 0 radical (unpaired) electrons. The molecule has 0 aliphatic heterocycles. The summed E-state index contributed by atoms with van der Waals surface area (Å²) in [6, 6.07) is 4.17. The Morgan fingerprint density at radius 3 is 2.60 bits per heavy atom. The van der Waals surface area contributed by atoms with E-state index >= 15 is 0 Å². The third-order valence-electron chi connectivity index (χ3n) is 2.46. The van der Waals surface area contributed by atoms with Gasteiger partial charge in [-0.3, -0.25) is 0 Å². The van der Waals surface area contributed by atoms with E-state index in [-0.39, 0.29) is 0 Å². The second-order valence-corrected chi connectivity index (χ2v) is 3.43. The van der Waals surface area contributed by atoms with Crippen LogP contribution in [-0.2, 0) is 12.6 Å². The quantitative estimate of drug-likeness (QED) is 0.742. The monoisotopic (exact) mass is 213 g/mol. The Morgan fingerprint density at radius 1 is 1.27 bits per heavy atom. The summed E-state index contributed by atoms with van der Waals surface area (Å²) in [7, 11) is 0. The Morgan fingerprint density at radius 2 is 2.00 bits per heavy atom. The van der Waals surface area contributed by atoms with Crippen LogP contribution in [-0.4, -0.2) is 4.98 Å². The number of H-pyrrole nitrogens is 1. The molecule has 1 N–H and O–H groups in total. The van der Waals surface area contributed by atoms with E-state index in [2.05, 4.69) is 4.98 Å². The fourth-order valence-corrected chi connectivity index (χ4v) is 1.70. The van der Waals surface area contributed by atoms with Gasteiger partial charge < -0.3 is 4.98 Å². The average Bonchev–Trinajstić information content (AvgIpc) is 2.62. The summed E-state index contributed by atoms with van der Waals surface area (Å²) in [4.78, 5) is 2.81. The zero-order valence-corrected chi connectivity index (χ0v) is 8.15. The molecule has 1 aromatic carbocycles. The van der Waals surface area contributed by atoms with Crippen molar-refractivity contribution in [1.82, 2.24) is 4.98 Å². The van der Waals surface area contributed by atoms with Gasteiger partial charge in [-0.2, -0.15) is 13.2 Å². The molecule has 15 heavy (non-hydrogen) atoms. The highest BCUT2D eigenvalue weighted by Crippen LogP contribution is 2.33. The zero-order valence-electron chi connectivity index (χ0n) is 8.15. The van der Waals surface area contributed by atoms with Gasteiger partial charge in [0, 0.05) is 17.1 Å². The van der Waals surface area contributed by atoms with E-state index < -0.39 is 11.7 Å². The van der Waals surface area contributed by atoms with Crippen molar-refractivity contribution in [2.45, 2.75) is 19.5 Å². The van der Waals surface area contributed by atoms with Crippen LogP contribution in [0.25, 0.3) is 10.9 Å². The van der Waals surface area contributed by atoms with Crippen LogP contribution >= 0.6 is 0 Å². The molecule has 4 heteroatoms. The lowest BCUT2D eigenvalue weighted by Crippen LogP contribution is -2.05. The standard InChI is InChI=1S/C11H10F3N/c1-2-7-5-8(11(12,13)14)6-10-9(7)3-4-15-10/h3-6,15H,2H2,1H3. The molecule has 2 rings (SSSR count). The van der Waals surface area contributed by atoms with Crippen LogP contribution in [0.1, 0.15) is 18.1 Å². The minimum Gasteiger partial charge on any atom is -0.361 e. The summed E-state index contributed by atoms with van der Waals surface area (Å²) in [6.07, 6.45) is -2.02. The second-order valence-electron chi connectivity index (χ2n) is 3.43. The summed E-state index contributed by atoms with van der Waals surface area (Å²) in [5.41, 5.74) is 0.678. The Hall–Kier alpha value is -1.45. The summed E-state index contributed by atoms with van der Waals surface area (Å²) in [6.45, 7) is 1.85. The molecule has 0 bridgehead atoms. The lowest BCUT2D eigenvalue weighted by atomic mass is 10.0. The molecule has 0 spiro atoms. The Labute approximate surface area is 84.9 Å². The van der Waals surface area contributed by atoms with E-state index in [4.69, 9.17) is 0 Å². The van der Waals surface area contributed by atoms with Gasteiger partial charge in [0.05, 0.1) is 5.56 Å². The van der Waals surface area contributed by atoms with Crippen LogP contribution in [0.2, 0.25) is 0 Å². The van der Waals surface area contributed by atoms with Crippen molar-refractivity contribution >= 4 is 10.9 Å². The van der Waals surface area contributed by atoms with Gasteiger partial charge >= 0.3 is 6.18 Å². The molecule has 80 valence electrons. The predicted octanol–water partition coefficient (Wildman–Crippen LogP) is 3.75. The van der Waals surface area contributed by atoms with E-state index in [0.29, 0.717) is 11.9 Å². The van der Waals surface area contributed by atoms with Crippen molar-refractivity contribution in [2.24, 2.45) is 0 Å². The molecule has 0 fully saturated rings. The van der Waals surface area contributed by atoms with Crippen LogP contribution in [0.5, 0.6) is 0 Å². The van der Waals surface area contributed by atoms with Gasteiger partial charge in [-0.15, -0.1) is 0 Å². The van der Waals surface area contributed by atoms with Gasteiger partial charge in [-0.1, -0.05) is 6.92 Å². The lowest BCUT2D eigenvalue weighted by molar-refractivity contribution is -0.137. The van der Waals surface area contributed by atoms with E-state index in [0.717, 1.165) is 17.0 Å². The molecule has 1 nitrogen and oxygen atoms in total. The van der Waals surface area contributed by atoms with Crippen molar-refractivity contribution in [3.63, 3.8) is 0 Å². The first-order valence-electron chi connectivity index (χ1n) is 4.69. The van der Waals surface area contributed by atoms with Crippen molar-refractivity contribution in [2.75, 3.05) is 0 Å². The van der Waals surface area contributed by atoms with Gasteiger partial charge in [0.25, 0.3) is 0 Å². The molecular weight excluding hydrogens is 203 g/mol. The molecule has 2 aromatic rings. The van der Waals surface area contributed by atoms with Gasteiger partial charge in [0.2, 0.25) is 0 Å². The molecule has 0 unspecified atom stereocenters. The molecule has 1 heterocycles. The Bertz CT molecular complexity index is 482. The number of aromatic amines is 1. The van der Waals surface area contributed by atoms with Crippen molar-refractivity contribution < 1.29 is 13.2 Å². The minimum atomic E-state index is -4.27. The number of nitrogens with one attached hydrogen (secondary N) is 1. The number of halogens is 3. The van der Waals surface area contributed by atoms with E-state index in [9.17, 15) is 13.2 Å². The Kier molecular flexibility index (Phi) is 2.21. The molecule has 1 aromatic heterocycles. The average molecular weight is 213 g/mol. The van der Waals surface area contributed by atoms with E-state index in [1.807, 2.05) is 6.92 Å².